The van der Waals surface area contributed by atoms with Crippen molar-refractivity contribution in [3.8, 4) is 6.07 Å². The number of allylic oxidation sites excluding steroid dienone is 3. The molecule has 5 aliphatic rings. The number of ether oxygens (including phenoxy) is 1. The average Bonchev–Trinajstić information content (AvgIpc) is 2.79. The van der Waals surface area contributed by atoms with Gasteiger partial charge in [0, 0.05) is 12.5 Å². The maximum absolute atomic E-state index is 13.3. The van der Waals surface area contributed by atoms with Gasteiger partial charge in [0.1, 0.15) is 6.07 Å². The van der Waals surface area contributed by atoms with Gasteiger partial charge >= 0.3 is 0 Å². The van der Waals surface area contributed by atoms with Crippen LogP contribution in [0.25, 0.3) is 0 Å². The summed E-state index contributed by atoms with van der Waals surface area (Å²) in [6.45, 7) is 22.4. The monoisotopic (exact) mass is 491 g/mol. The summed E-state index contributed by atoms with van der Waals surface area (Å²) in [7, 11) is 1.89. The molecule has 0 spiro atoms. The van der Waals surface area contributed by atoms with E-state index >= 15 is 0 Å². The molecule has 5 aliphatic carbocycles. The Kier molecular flexibility index (Phi) is 5.69. The van der Waals surface area contributed by atoms with Gasteiger partial charge in [0.15, 0.2) is 5.78 Å². The fraction of sp³-hybridized carbons (Fsp3) is 0.818. The van der Waals surface area contributed by atoms with Crippen LogP contribution >= 0.6 is 0 Å². The van der Waals surface area contributed by atoms with Crippen LogP contribution in [0.5, 0.6) is 0 Å². The van der Waals surface area contributed by atoms with Gasteiger partial charge in [-0.15, -0.1) is 0 Å². The number of nitrogens with zero attached hydrogens (tertiary/aromatic N) is 1. The van der Waals surface area contributed by atoms with Gasteiger partial charge in [-0.1, -0.05) is 66.7 Å². The first-order valence-corrected chi connectivity index (χ1v) is 14.5. The fourth-order valence-corrected chi connectivity index (χ4v) is 11.2. The molecule has 0 N–H and O–H groups in total. The third-order valence-corrected chi connectivity index (χ3v) is 13.2. The zero-order chi connectivity index (χ0) is 26.5. The normalized spacial score (nSPS) is 49.0. The maximum atomic E-state index is 13.3. The molecule has 0 aromatic rings. The van der Waals surface area contributed by atoms with Crippen LogP contribution in [0.3, 0.4) is 0 Å². The molecule has 0 aromatic carbocycles. The van der Waals surface area contributed by atoms with E-state index in [4.69, 9.17) is 11.3 Å². The zero-order valence-electron chi connectivity index (χ0n) is 24.2. The van der Waals surface area contributed by atoms with E-state index in [2.05, 4.69) is 60.6 Å². The van der Waals surface area contributed by atoms with E-state index in [1.165, 1.54) is 37.7 Å². The number of carbonyl (C=O) groups excluding carboxylic acids is 1. The molecular formula is C33H49NO2. The lowest BCUT2D eigenvalue weighted by atomic mass is 9.31. The van der Waals surface area contributed by atoms with E-state index in [1.54, 1.807) is 0 Å². The average molecular weight is 492 g/mol. The van der Waals surface area contributed by atoms with Crippen molar-refractivity contribution >= 4 is 5.78 Å². The van der Waals surface area contributed by atoms with Crippen LogP contribution in [-0.2, 0) is 9.53 Å². The second-order valence-electron chi connectivity index (χ2n) is 15.7. The lowest BCUT2D eigenvalue weighted by molar-refractivity contribution is -0.217. The van der Waals surface area contributed by atoms with E-state index in [1.807, 2.05) is 7.11 Å². The van der Waals surface area contributed by atoms with Crippen molar-refractivity contribution in [3.63, 3.8) is 0 Å². The summed E-state index contributed by atoms with van der Waals surface area (Å²) in [4.78, 5) is 13.3. The maximum Gasteiger partial charge on any atom is 0.178 e. The Morgan fingerprint density at radius 2 is 1.67 bits per heavy atom. The molecule has 5 rings (SSSR count). The van der Waals surface area contributed by atoms with Crippen LogP contribution in [0.15, 0.2) is 23.8 Å². The molecule has 8 atom stereocenters. The van der Waals surface area contributed by atoms with E-state index < -0.39 is 5.41 Å². The Labute approximate surface area is 220 Å². The molecule has 0 bridgehead atoms. The standard InChI is InChI=1S/C33H49NO2/c1-21-16-25-30(6)17-22(19-34)27(35)29(4,5)24(30)10-11-31(25,7)32(8)13-15-33(20-36-9)14-12-28(2,3)18-23(33)26(21)32/h17,23-26H,1,10-16,18,20H2,2-9H3/t23-,24-,25+,26+,30-,31?,32+,33+/m0/s1. The first-order valence-electron chi connectivity index (χ1n) is 14.5. The molecule has 1 unspecified atom stereocenters. The molecule has 0 aliphatic heterocycles. The number of hydrogen-bond acceptors (Lipinski definition) is 3. The van der Waals surface area contributed by atoms with Gasteiger partial charge in [-0.05, 0) is 102 Å². The van der Waals surface area contributed by atoms with Crippen LogP contribution < -0.4 is 0 Å². The molecule has 4 saturated carbocycles. The first-order chi connectivity index (χ1) is 16.6. The van der Waals surface area contributed by atoms with Gasteiger partial charge in [0.25, 0.3) is 0 Å². The van der Waals surface area contributed by atoms with Gasteiger partial charge in [-0.25, -0.2) is 0 Å². The van der Waals surface area contributed by atoms with Crippen LogP contribution in [0, 0.1) is 67.5 Å². The minimum absolute atomic E-state index is 0.0428. The van der Waals surface area contributed by atoms with Gasteiger partial charge in [-0.3, -0.25) is 4.79 Å². The molecular weight excluding hydrogens is 442 g/mol. The Bertz CT molecular complexity index is 1060. The smallest absolute Gasteiger partial charge is 0.178 e. The largest absolute Gasteiger partial charge is 0.384 e. The molecule has 0 radical (unpaired) electrons. The Hall–Kier alpha value is -1.40. The van der Waals surface area contributed by atoms with Gasteiger partial charge in [0.05, 0.1) is 12.2 Å². The molecule has 36 heavy (non-hydrogen) atoms. The Balaban J connectivity index is 1.63. The highest BCUT2D eigenvalue weighted by Crippen LogP contribution is 2.77. The van der Waals surface area contributed by atoms with E-state index in [0.717, 1.165) is 25.9 Å². The summed E-state index contributed by atoms with van der Waals surface area (Å²) < 4.78 is 5.93. The summed E-state index contributed by atoms with van der Waals surface area (Å²) in [6.07, 6.45) is 11.6. The van der Waals surface area contributed by atoms with Crippen molar-refractivity contribution in [2.45, 2.75) is 99.8 Å². The summed E-state index contributed by atoms with van der Waals surface area (Å²) in [5.74, 6) is 1.84. The summed E-state index contributed by atoms with van der Waals surface area (Å²) in [5.41, 5.74) is 2.11. The molecule has 0 amide bonds. The topological polar surface area (TPSA) is 50.1 Å². The number of nitriles is 1. The third kappa shape index (κ3) is 3.15. The highest BCUT2D eigenvalue weighted by Gasteiger charge is 2.70. The molecule has 0 aromatic heterocycles. The van der Waals surface area contributed by atoms with Crippen molar-refractivity contribution in [1.29, 1.82) is 5.26 Å². The zero-order valence-corrected chi connectivity index (χ0v) is 24.2. The number of fused-ring (bicyclic) bond motifs is 7. The lowest BCUT2D eigenvalue weighted by Crippen LogP contribution is -2.67. The first kappa shape index (κ1) is 26.2. The van der Waals surface area contributed by atoms with Crippen LogP contribution in [0.1, 0.15) is 99.8 Å². The van der Waals surface area contributed by atoms with Crippen molar-refractivity contribution in [2.75, 3.05) is 13.7 Å². The van der Waals surface area contributed by atoms with E-state index in [-0.39, 0.29) is 33.4 Å². The summed E-state index contributed by atoms with van der Waals surface area (Å²) >= 11 is 0. The van der Waals surface area contributed by atoms with Crippen LogP contribution in [0.2, 0.25) is 0 Å². The minimum Gasteiger partial charge on any atom is -0.384 e. The van der Waals surface area contributed by atoms with Crippen molar-refractivity contribution < 1.29 is 9.53 Å². The van der Waals surface area contributed by atoms with Crippen molar-refractivity contribution in [3.05, 3.63) is 23.8 Å². The van der Waals surface area contributed by atoms with Crippen LogP contribution in [-0.4, -0.2) is 19.5 Å². The highest BCUT2D eigenvalue weighted by atomic mass is 16.5. The lowest BCUT2D eigenvalue weighted by Gasteiger charge is -2.73. The number of Topliss-reactive ketones (excluding diaryl/α,β-unsaturated/α-hetero) is 1. The van der Waals surface area contributed by atoms with E-state index in [9.17, 15) is 10.1 Å². The quantitative estimate of drug-likeness (QED) is 0.369. The predicted molar refractivity (Wildman–Crippen MR) is 145 cm³/mol. The number of methoxy groups -OCH3 is 1. The highest BCUT2D eigenvalue weighted by molar-refractivity contribution is 6.04. The van der Waals surface area contributed by atoms with Gasteiger partial charge < -0.3 is 4.74 Å². The number of ketones is 1. The Morgan fingerprint density at radius 1 is 1.00 bits per heavy atom. The molecule has 0 heterocycles. The molecule has 3 heteroatoms. The predicted octanol–water partition coefficient (Wildman–Crippen LogP) is 7.92. The fourth-order valence-electron chi connectivity index (χ4n) is 11.2. The molecule has 3 nitrogen and oxygen atoms in total. The van der Waals surface area contributed by atoms with Crippen molar-refractivity contribution in [2.24, 2.45) is 56.2 Å². The second-order valence-corrected chi connectivity index (χ2v) is 15.7. The second kappa shape index (κ2) is 7.81. The number of rotatable bonds is 2. The summed E-state index contributed by atoms with van der Waals surface area (Å²) in [6, 6.07) is 2.29. The Morgan fingerprint density at radius 3 is 2.31 bits per heavy atom. The van der Waals surface area contributed by atoms with Crippen LogP contribution in [0.4, 0.5) is 0 Å². The minimum atomic E-state index is -0.497. The number of hydrogen-bond donors (Lipinski definition) is 0. The number of carbonyl (C=O) groups is 1. The molecule has 198 valence electrons. The molecule has 4 fully saturated rings. The molecule has 0 saturated heterocycles. The SMILES string of the molecule is C=C1C[C@H]2C(C)(CC[C@H]3C(C)(C)C(=O)C(C#N)=C[C@@]32C)[C@]2(C)CC[C@@]3(COC)CCC(C)(C)C[C@H]3[C@@H]12. The van der Waals surface area contributed by atoms with Crippen molar-refractivity contribution in [1.82, 2.24) is 0 Å². The summed E-state index contributed by atoms with van der Waals surface area (Å²) in [5, 5.41) is 9.94. The van der Waals surface area contributed by atoms with Gasteiger partial charge in [-0.2, -0.15) is 5.26 Å². The van der Waals surface area contributed by atoms with E-state index in [0.29, 0.717) is 28.7 Å². The third-order valence-electron chi connectivity index (χ3n) is 13.2. The van der Waals surface area contributed by atoms with Gasteiger partial charge in [0.2, 0.25) is 0 Å².